The summed E-state index contributed by atoms with van der Waals surface area (Å²) >= 11 is 0. The maximum Gasteiger partial charge on any atom is 0.241 e. The van der Waals surface area contributed by atoms with Crippen LogP contribution in [-0.2, 0) is 4.79 Å². The molecular formula is C22H27N3O3. The first-order valence-electron chi connectivity index (χ1n) is 9.91. The third-order valence-corrected chi connectivity index (χ3v) is 5.32. The minimum Gasteiger partial charge on any atom is -0.486 e. The van der Waals surface area contributed by atoms with Crippen molar-refractivity contribution in [2.75, 3.05) is 26.2 Å². The largest absolute Gasteiger partial charge is 0.486 e. The molecule has 6 nitrogen and oxygen atoms in total. The number of para-hydroxylation sites is 2. The Morgan fingerprint density at radius 1 is 1.14 bits per heavy atom. The Hall–Kier alpha value is -2.57. The van der Waals surface area contributed by atoms with Gasteiger partial charge in [0.2, 0.25) is 5.91 Å². The van der Waals surface area contributed by atoms with Crippen LogP contribution >= 0.6 is 0 Å². The molecule has 3 N–H and O–H groups in total. The Morgan fingerprint density at radius 2 is 1.89 bits per heavy atom. The molecule has 148 valence electrons. The van der Waals surface area contributed by atoms with Gasteiger partial charge in [-0.05, 0) is 37.1 Å². The molecule has 2 aromatic carbocycles. The molecule has 2 heterocycles. The molecule has 1 fully saturated rings. The number of benzene rings is 2. The predicted molar refractivity (Wildman–Crippen MR) is 107 cm³/mol. The Balaban J connectivity index is 1.29. The smallest absolute Gasteiger partial charge is 0.241 e. The molecule has 0 bridgehead atoms. The van der Waals surface area contributed by atoms with Gasteiger partial charge >= 0.3 is 0 Å². The number of amides is 1. The van der Waals surface area contributed by atoms with E-state index in [2.05, 4.69) is 10.2 Å². The summed E-state index contributed by atoms with van der Waals surface area (Å²) in [5.74, 6) is 1.48. The lowest BCUT2D eigenvalue weighted by Crippen LogP contribution is -2.52. The van der Waals surface area contributed by atoms with Gasteiger partial charge in [0.05, 0.1) is 0 Å². The first-order valence-corrected chi connectivity index (χ1v) is 9.91. The molecule has 4 rings (SSSR count). The standard InChI is InChI=1S/C22H27N3O3/c23-21(16-7-2-1-3-8-16)22(26)24-17-9-6-12-25(13-17)14-18-15-27-19-10-4-5-11-20(19)28-18/h1-5,7-8,10-11,17-18,21H,6,9,12-15,23H2,(H,24,26)/t17-,18-,21?/m0/s1. The molecule has 0 spiro atoms. The Labute approximate surface area is 165 Å². The Morgan fingerprint density at radius 3 is 2.71 bits per heavy atom. The summed E-state index contributed by atoms with van der Waals surface area (Å²) in [7, 11) is 0. The average Bonchev–Trinajstić information content (AvgIpc) is 2.74. The van der Waals surface area contributed by atoms with E-state index >= 15 is 0 Å². The van der Waals surface area contributed by atoms with Crippen molar-refractivity contribution in [3.05, 3.63) is 60.2 Å². The molecule has 2 aliphatic heterocycles. The van der Waals surface area contributed by atoms with E-state index in [1.165, 1.54) is 0 Å². The van der Waals surface area contributed by atoms with Crippen molar-refractivity contribution in [1.82, 2.24) is 10.2 Å². The van der Waals surface area contributed by atoms with Gasteiger partial charge in [-0.3, -0.25) is 9.69 Å². The number of carbonyl (C=O) groups is 1. The van der Waals surface area contributed by atoms with Gasteiger partial charge in [-0.2, -0.15) is 0 Å². The number of piperidine rings is 1. The number of fused-ring (bicyclic) bond motifs is 1. The molecule has 3 atom stereocenters. The van der Waals surface area contributed by atoms with Crippen LogP contribution in [0.25, 0.3) is 0 Å². The second kappa shape index (κ2) is 8.63. The third kappa shape index (κ3) is 4.46. The second-order valence-corrected chi connectivity index (χ2v) is 7.49. The van der Waals surface area contributed by atoms with Crippen LogP contribution in [0.15, 0.2) is 54.6 Å². The molecule has 0 aromatic heterocycles. The molecule has 2 aromatic rings. The summed E-state index contributed by atoms with van der Waals surface area (Å²) in [6, 6.07) is 16.7. The van der Waals surface area contributed by atoms with Gasteiger partial charge in [0.15, 0.2) is 11.5 Å². The SMILES string of the molecule is NC(C(=O)N[C@H]1CCCN(C[C@H]2COc3ccccc3O2)C1)c1ccccc1. The lowest BCUT2D eigenvalue weighted by atomic mass is 10.0. The lowest BCUT2D eigenvalue weighted by Gasteiger charge is -2.36. The van der Waals surface area contributed by atoms with E-state index in [1.807, 2.05) is 54.6 Å². The number of nitrogens with one attached hydrogen (secondary N) is 1. The zero-order chi connectivity index (χ0) is 19.3. The zero-order valence-corrected chi connectivity index (χ0v) is 15.9. The molecule has 1 amide bonds. The minimum atomic E-state index is -0.636. The number of carbonyl (C=O) groups excluding carboxylic acids is 1. The fraction of sp³-hybridized carbons (Fsp3) is 0.409. The Bertz CT molecular complexity index is 799. The zero-order valence-electron chi connectivity index (χ0n) is 15.9. The summed E-state index contributed by atoms with van der Waals surface area (Å²) in [4.78, 5) is 14.9. The number of likely N-dealkylation sites (tertiary alicyclic amines) is 1. The van der Waals surface area contributed by atoms with Gasteiger partial charge in [0.25, 0.3) is 0 Å². The first kappa shape index (κ1) is 18.8. The molecular weight excluding hydrogens is 354 g/mol. The van der Waals surface area contributed by atoms with Crippen LogP contribution < -0.4 is 20.5 Å². The highest BCUT2D eigenvalue weighted by molar-refractivity contribution is 5.83. The fourth-order valence-corrected chi connectivity index (χ4v) is 3.88. The number of hydrogen-bond donors (Lipinski definition) is 2. The van der Waals surface area contributed by atoms with E-state index in [4.69, 9.17) is 15.2 Å². The number of nitrogens with zero attached hydrogens (tertiary/aromatic N) is 1. The van der Waals surface area contributed by atoms with Crippen molar-refractivity contribution in [1.29, 1.82) is 0 Å². The summed E-state index contributed by atoms with van der Waals surface area (Å²) in [5.41, 5.74) is 6.96. The number of nitrogens with two attached hydrogens (primary N) is 1. The molecule has 2 aliphatic rings. The van der Waals surface area contributed by atoms with Crippen LogP contribution in [0.3, 0.4) is 0 Å². The number of ether oxygens (including phenoxy) is 2. The highest BCUT2D eigenvalue weighted by Crippen LogP contribution is 2.31. The van der Waals surface area contributed by atoms with Crippen molar-refractivity contribution in [3.63, 3.8) is 0 Å². The van der Waals surface area contributed by atoms with Crippen molar-refractivity contribution >= 4 is 5.91 Å². The van der Waals surface area contributed by atoms with Crippen molar-refractivity contribution in [2.24, 2.45) is 5.73 Å². The first-order chi connectivity index (χ1) is 13.7. The second-order valence-electron chi connectivity index (χ2n) is 7.49. The predicted octanol–water partition coefficient (Wildman–Crippen LogP) is 2.11. The minimum absolute atomic E-state index is 0.00377. The van der Waals surface area contributed by atoms with E-state index in [-0.39, 0.29) is 18.1 Å². The van der Waals surface area contributed by atoms with Crippen LogP contribution in [0.1, 0.15) is 24.4 Å². The molecule has 0 radical (unpaired) electrons. The van der Waals surface area contributed by atoms with Gasteiger partial charge in [-0.25, -0.2) is 0 Å². The van der Waals surface area contributed by atoms with Gasteiger partial charge < -0.3 is 20.5 Å². The summed E-state index contributed by atoms with van der Waals surface area (Å²) < 4.78 is 11.9. The average molecular weight is 381 g/mol. The normalized spacial score (nSPS) is 23.0. The van der Waals surface area contributed by atoms with E-state index in [9.17, 15) is 4.79 Å². The molecule has 0 saturated carbocycles. The summed E-state index contributed by atoms with van der Waals surface area (Å²) in [5, 5.41) is 3.12. The van der Waals surface area contributed by atoms with Crippen molar-refractivity contribution < 1.29 is 14.3 Å². The fourth-order valence-electron chi connectivity index (χ4n) is 3.88. The summed E-state index contributed by atoms with van der Waals surface area (Å²) in [6.45, 7) is 3.13. The molecule has 28 heavy (non-hydrogen) atoms. The van der Waals surface area contributed by atoms with E-state index in [0.29, 0.717) is 6.61 Å². The van der Waals surface area contributed by atoms with Gasteiger partial charge in [-0.1, -0.05) is 42.5 Å². The molecule has 1 saturated heterocycles. The highest BCUT2D eigenvalue weighted by Gasteiger charge is 2.28. The van der Waals surface area contributed by atoms with Crippen molar-refractivity contribution in [2.45, 2.75) is 31.0 Å². The monoisotopic (exact) mass is 381 g/mol. The van der Waals surface area contributed by atoms with Gasteiger partial charge in [0.1, 0.15) is 18.8 Å². The van der Waals surface area contributed by atoms with E-state index < -0.39 is 6.04 Å². The van der Waals surface area contributed by atoms with Crippen molar-refractivity contribution in [3.8, 4) is 11.5 Å². The maximum absolute atomic E-state index is 12.5. The van der Waals surface area contributed by atoms with Crippen LogP contribution in [0.5, 0.6) is 11.5 Å². The quantitative estimate of drug-likeness (QED) is 0.830. The van der Waals surface area contributed by atoms with Gasteiger partial charge in [0, 0.05) is 19.1 Å². The van der Waals surface area contributed by atoms with E-state index in [0.717, 1.165) is 49.5 Å². The van der Waals surface area contributed by atoms with Crippen LogP contribution in [0.4, 0.5) is 0 Å². The van der Waals surface area contributed by atoms with E-state index in [1.54, 1.807) is 0 Å². The third-order valence-electron chi connectivity index (χ3n) is 5.32. The van der Waals surface area contributed by atoms with Crippen LogP contribution in [-0.4, -0.2) is 49.2 Å². The summed E-state index contributed by atoms with van der Waals surface area (Å²) in [6.07, 6.45) is 2.00. The maximum atomic E-state index is 12.5. The van der Waals surface area contributed by atoms with Gasteiger partial charge in [-0.15, -0.1) is 0 Å². The highest BCUT2D eigenvalue weighted by atomic mass is 16.6. The topological polar surface area (TPSA) is 76.8 Å². The lowest BCUT2D eigenvalue weighted by molar-refractivity contribution is -0.123. The Kier molecular flexibility index (Phi) is 5.78. The van der Waals surface area contributed by atoms with Crippen LogP contribution in [0, 0.1) is 0 Å². The van der Waals surface area contributed by atoms with Crippen LogP contribution in [0.2, 0.25) is 0 Å². The number of hydrogen-bond acceptors (Lipinski definition) is 5. The number of rotatable bonds is 5. The molecule has 1 unspecified atom stereocenters. The molecule has 6 heteroatoms. The molecule has 0 aliphatic carbocycles.